The van der Waals surface area contributed by atoms with Crippen LogP contribution in [0.15, 0.2) is 47.6 Å². The van der Waals surface area contributed by atoms with Gasteiger partial charge >= 0.3 is 0 Å². The molecule has 0 atom stereocenters. The van der Waals surface area contributed by atoms with E-state index >= 15 is 0 Å². The van der Waals surface area contributed by atoms with Gasteiger partial charge in [-0.25, -0.2) is 5.43 Å². The zero-order chi connectivity index (χ0) is 19.5. The number of hydrogen-bond acceptors (Lipinski definition) is 4. The van der Waals surface area contributed by atoms with Crippen LogP contribution in [-0.4, -0.2) is 18.7 Å². The quantitative estimate of drug-likeness (QED) is 0.492. The summed E-state index contributed by atoms with van der Waals surface area (Å²) >= 11 is 0. The molecule has 0 aliphatic heterocycles. The third-order valence-corrected chi connectivity index (χ3v) is 3.94. The second-order valence-electron chi connectivity index (χ2n) is 6.31. The molecule has 2 aromatic rings. The van der Waals surface area contributed by atoms with Crippen molar-refractivity contribution in [3.8, 4) is 11.5 Å². The molecule has 0 aromatic heterocycles. The number of amides is 1. The van der Waals surface area contributed by atoms with Gasteiger partial charge in [-0.2, -0.15) is 5.10 Å². The second-order valence-corrected chi connectivity index (χ2v) is 6.31. The van der Waals surface area contributed by atoms with Gasteiger partial charge in [-0.3, -0.25) is 4.79 Å². The number of aryl methyl sites for hydroxylation is 1. The van der Waals surface area contributed by atoms with Crippen LogP contribution in [0.1, 0.15) is 49.8 Å². The van der Waals surface area contributed by atoms with E-state index in [2.05, 4.69) is 41.7 Å². The zero-order valence-corrected chi connectivity index (χ0v) is 16.3. The molecule has 1 N–H and O–H groups in total. The normalized spacial score (nSPS) is 10.8. The van der Waals surface area contributed by atoms with Crippen molar-refractivity contribution in [3.63, 3.8) is 0 Å². The van der Waals surface area contributed by atoms with Gasteiger partial charge < -0.3 is 9.47 Å². The van der Waals surface area contributed by atoms with Crippen LogP contribution in [0.5, 0.6) is 11.5 Å². The van der Waals surface area contributed by atoms with Crippen molar-refractivity contribution in [2.45, 2.75) is 46.6 Å². The zero-order valence-electron chi connectivity index (χ0n) is 16.3. The van der Waals surface area contributed by atoms with Crippen molar-refractivity contribution >= 4 is 12.1 Å². The molecule has 0 radical (unpaired) electrons. The number of rotatable bonds is 10. The van der Waals surface area contributed by atoms with Crippen LogP contribution in [0.4, 0.5) is 0 Å². The van der Waals surface area contributed by atoms with Gasteiger partial charge in [0.25, 0.3) is 0 Å². The highest BCUT2D eigenvalue weighted by Crippen LogP contribution is 2.29. The molecule has 0 bridgehead atoms. The summed E-state index contributed by atoms with van der Waals surface area (Å²) in [5.41, 5.74) is 5.69. The standard InChI is InChI=1S/C22H28N2O3/c1-4-6-7-22(25)24-23-15-19-12-13-20(21(14-19)26-5-2)27-16-18-10-8-17(3)9-11-18/h8-15H,4-7,16H2,1-3H3,(H,24,25)/b23-15+. The van der Waals surface area contributed by atoms with Crippen molar-refractivity contribution < 1.29 is 14.3 Å². The molecule has 0 saturated carbocycles. The monoisotopic (exact) mass is 368 g/mol. The van der Waals surface area contributed by atoms with E-state index in [9.17, 15) is 4.79 Å². The highest BCUT2D eigenvalue weighted by Gasteiger charge is 2.07. The fourth-order valence-corrected chi connectivity index (χ4v) is 2.41. The third-order valence-electron chi connectivity index (χ3n) is 3.94. The molecule has 2 rings (SSSR count). The van der Waals surface area contributed by atoms with E-state index in [-0.39, 0.29) is 5.91 Å². The highest BCUT2D eigenvalue weighted by molar-refractivity contribution is 5.83. The third kappa shape index (κ3) is 7.13. The van der Waals surface area contributed by atoms with Crippen molar-refractivity contribution in [3.05, 3.63) is 59.2 Å². The average Bonchev–Trinajstić information content (AvgIpc) is 2.67. The summed E-state index contributed by atoms with van der Waals surface area (Å²) in [4.78, 5) is 11.6. The molecule has 0 unspecified atom stereocenters. The molecule has 0 spiro atoms. The smallest absolute Gasteiger partial charge is 0.240 e. The lowest BCUT2D eigenvalue weighted by Gasteiger charge is -2.12. The van der Waals surface area contributed by atoms with E-state index in [1.54, 1.807) is 6.21 Å². The molecular formula is C22H28N2O3. The van der Waals surface area contributed by atoms with Crippen LogP contribution >= 0.6 is 0 Å². The van der Waals surface area contributed by atoms with Gasteiger partial charge in [-0.05, 0) is 49.6 Å². The Bertz CT molecular complexity index is 755. The molecule has 5 heteroatoms. The summed E-state index contributed by atoms with van der Waals surface area (Å²) in [6, 6.07) is 13.8. The summed E-state index contributed by atoms with van der Waals surface area (Å²) in [6.45, 7) is 7.05. The first-order valence-corrected chi connectivity index (χ1v) is 9.39. The van der Waals surface area contributed by atoms with E-state index in [1.165, 1.54) is 5.56 Å². The van der Waals surface area contributed by atoms with Gasteiger partial charge in [0, 0.05) is 6.42 Å². The predicted octanol–water partition coefficient (Wildman–Crippen LogP) is 4.61. The minimum absolute atomic E-state index is 0.0730. The topological polar surface area (TPSA) is 59.9 Å². The van der Waals surface area contributed by atoms with Gasteiger partial charge in [0.1, 0.15) is 6.61 Å². The maximum atomic E-state index is 11.6. The molecule has 27 heavy (non-hydrogen) atoms. The van der Waals surface area contributed by atoms with Gasteiger partial charge in [-0.1, -0.05) is 43.2 Å². The highest BCUT2D eigenvalue weighted by atomic mass is 16.5. The number of benzene rings is 2. The van der Waals surface area contributed by atoms with Crippen molar-refractivity contribution in [2.75, 3.05) is 6.61 Å². The number of ether oxygens (including phenoxy) is 2. The minimum Gasteiger partial charge on any atom is -0.490 e. The summed E-state index contributed by atoms with van der Waals surface area (Å²) in [5, 5.41) is 4.01. The summed E-state index contributed by atoms with van der Waals surface area (Å²) in [5.74, 6) is 1.27. The fourth-order valence-electron chi connectivity index (χ4n) is 2.41. The lowest BCUT2D eigenvalue weighted by atomic mass is 10.2. The molecule has 5 nitrogen and oxygen atoms in total. The van der Waals surface area contributed by atoms with Crippen LogP contribution in [-0.2, 0) is 11.4 Å². The molecule has 0 aliphatic rings. The Morgan fingerprint density at radius 2 is 1.85 bits per heavy atom. The average molecular weight is 368 g/mol. The number of unbranched alkanes of at least 4 members (excludes halogenated alkanes) is 1. The molecule has 0 fully saturated rings. The Balaban J connectivity index is 2.00. The molecule has 0 saturated heterocycles. The van der Waals surface area contributed by atoms with Crippen LogP contribution < -0.4 is 14.9 Å². The second kappa shape index (κ2) is 11.0. The Labute approximate surface area is 161 Å². The van der Waals surface area contributed by atoms with E-state index in [0.29, 0.717) is 31.1 Å². The van der Waals surface area contributed by atoms with Crippen molar-refractivity contribution in [1.82, 2.24) is 5.43 Å². The maximum Gasteiger partial charge on any atom is 0.240 e. The van der Waals surface area contributed by atoms with Gasteiger partial charge in [-0.15, -0.1) is 0 Å². The maximum absolute atomic E-state index is 11.6. The predicted molar refractivity (Wildman–Crippen MR) is 108 cm³/mol. The minimum atomic E-state index is -0.0730. The SMILES string of the molecule is CCCCC(=O)N/N=C/c1ccc(OCc2ccc(C)cc2)c(OCC)c1. The molecular weight excluding hydrogens is 340 g/mol. The lowest BCUT2D eigenvalue weighted by Crippen LogP contribution is -2.16. The Kier molecular flexibility index (Phi) is 8.36. The summed E-state index contributed by atoms with van der Waals surface area (Å²) < 4.78 is 11.6. The van der Waals surface area contributed by atoms with Crippen LogP contribution in [0.2, 0.25) is 0 Å². The van der Waals surface area contributed by atoms with E-state index in [1.807, 2.05) is 32.0 Å². The molecule has 0 aliphatic carbocycles. The number of nitrogens with one attached hydrogen (secondary N) is 1. The summed E-state index contributed by atoms with van der Waals surface area (Å²) in [6.07, 6.45) is 3.95. The number of carbonyl (C=O) groups excluding carboxylic acids is 1. The van der Waals surface area contributed by atoms with Gasteiger partial charge in [0.15, 0.2) is 11.5 Å². The number of hydrazone groups is 1. The van der Waals surface area contributed by atoms with E-state index in [0.717, 1.165) is 24.0 Å². The summed E-state index contributed by atoms with van der Waals surface area (Å²) in [7, 11) is 0. The fraction of sp³-hybridized carbons (Fsp3) is 0.364. The first kappa shape index (κ1) is 20.5. The number of hydrogen-bond donors (Lipinski definition) is 1. The van der Waals surface area contributed by atoms with Crippen LogP contribution in [0.3, 0.4) is 0 Å². The van der Waals surface area contributed by atoms with Gasteiger partial charge in [0.2, 0.25) is 5.91 Å². The first-order chi connectivity index (χ1) is 13.1. The largest absolute Gasteiger partial charge is 0.490 e. The van der Waals surface area contributed by atoms with Crippen LogP contribution in [0, 0.1) is 6.92 Å². The molecule has 144 valence electrons. The first-order valence-electron chi connectivity index (χ1n) is 9.39. The molecule has 0 heterocycles. The van der Waals surface area contributed by atoms with Gasteiger partial charge in [0.05, 0.1) is 12.8 Å². The van der Waals surface area contributed by atoms with Crippen molar-refractivity contribution in [2.24, 2.45) is 5.10 Å². The molecule has 2 aromatic carbocycles. The Morgan fingerprint density at radius 3 is 2.56 bits per heavy atom. The molecule has 1 amide bonds. The van der Waals surface area contributed by atoms with Crippen molar-refractivity contribution in [1.29, 1.82) is 0 Å². The number of nitrogens with zero attached hydrogens (tertiary/aromatic N) is 1. The van der Waals surface area contributed by atoms with Crippen LogP contribution in [0.25, 0.3) is 0 Å². The van der Waals surface area contributed by atoms with E-state index < -0.39 is 0 Å². The number of carbonyl (C=O) groups is 1. The Hall–Kier alpha value is -2.82. The lowest BCUT2D eigenvalue weighted by molar-refractivity contribution is -0.121. The van der Waals surface area contributed by atoms with E-state index in [4.69, 9.17) is 9.47 Å². The Morgan fingerprint density at radius 1 is 1.07 bits per heavy atom.